The van der Waals surface area contributed by atoms with Crippen molar-refractivity contribution in [3.63, 3.8) is 0 Å². The summed E-state index contributed by atoms with van der Waals surface area (Å²) in [5.41, 5.74) is 1.80. The molecule has 2 aromatic carbocycles. The number of anilines is 1. The quantitative estimate of drug-likeness (QED) is 0.106. The molecule has 0 fully saturated rings. The lowest BCUT2D eigenvalue weighted by Gasteiger charge is -2.43. The van der Waals surface area contributed by atoms with E-state index in [1.165, 1.54) is 0 Å². The molecule has 0 heterocycles. The number of nitrogens with zero attached hydrogens (tertiary/aromatic N) is 2. The lowest BCUT2D eigenvalue weighted by Crippen LogP contribution is -2.52. The van der Waals surface area contributed by atoms with E-state index in [2.05, 4.69) is 40.8 Å². The van der Waals surface area contributed by atoms with Crippen LogP contribution in [-0.2, 0) is 28.9 Å². The summed E-state index contributed by atoms with van der Waals surface area (Å²) < 4.78 is 37.1. The number of halogens is 1. The molecule has 1 amide bonds. The van der Waals surface area contributed by atoms with Gasteiger partial charge in [0.2, 0.25) is 0 Å². The third-order valence-electron chi connectivity index (χ3n) is 7.40. The molecule has 0 bridgehead atoms. The normalized spacial score (nSPS) is 13.5. The minimum absolute atomic E-state index is 0.0536. The number of hydrazine groups is 1. The third-order valence-corrected chi connectivity index (χ3v) is 14.2. The molecule has 0 saturated carbocycles. The highest BCUT2D eigenvalue weighted by atomic mass is 35.5. The summed E-state index contributed by atoms with van der Waals surface area (Å²) >= 11 is 6.45. The van der Waals surface area contributed by atoms with Crippen LogP contribution in [0, 0.1) is 0 Å². The standard InChI is InChI=1S/C33H54ClN2O6PSi/c1-12-22-35(29-20-18-26(19-21-29)25-43(38,39-13-2)40-14-3)36(31(37)41-32(4,5)6)24-30(27-16-15-17-28(34)23-27)42-44(10,11)33(7,8)9/h15-21,23,30H,12-14,22,24-25H2,1-11H3/t30-/m0/s1. The van der Waals surface area contributed by atoms with E-state index in [9.17, 15) is 9.36 Å². The molecule has 2 aromatic rings. The van der Waals surface area contributed by atoms with E-state index in [1.807, 2.05) is 74.3 Å². The number of carbonyl (C=O) groups excluding carboxylic acids is 1. The van der Waals surface area contributed by atoms with Crippen LogP contribution in [0.5, 0.6) is 0 Å². The average Bonchev–Trinajstić information content (AvgIpc) is 2.89. The molecule has 0 aliphatic heterocycles. The van der Waals surface area contributed by atoms with Crippen molar-refractivity contribution in [1.82, 2.24) is 5.01 Å². The molecule has 0 aliphatic carbocycles. The second kappa shape index (κ2) is 16.1. The zero-order valence-electron chi connectivity index (χ0n) is 28.6. The SMILES string of the molecule is CCCN(c1ccc(CP(=O)(OCC)OCC)cc1)N(C[C@H](O[Si](C)(C)C(C)(C)C)c1cccc(Cl)c1)C(=O)OC(C)(C)C. The summed E-state index contributed by atoms with van der Waals surface area (Å²) in [4.78, 5) is 14.0. The predicted octanol–water partition coefficient (Wildman–Crippen LogP) is 10.2. The number of rotatable bonds is 15. The Hall–Kier alpha value is -1.87. The van der Waals surface area contributed by atoms with Crippen LogP contribution in [0.15, 0.2) is 48.5 Å². The zero-order valence-corrected chi connectivity index (χ0v) is 31.3. The van der Waals surface area contributed by atoms with Gasteiger partial charge >= 0.3 is 13.7 Å². The van der Waals surface area contributed by atoms with Gasteiger partial charge in [0.1, 0.15) is 5.60 Å². The summed E-state index contributed by atoms with van der Waals surface area (Å²) in [5.74, 6) is 0. The van der Waals surface area contributed by atoms with Gasteiger partial charge in [-0.1, -0.05) is 63.6 Å². The predicted molar refractivity (Wildman–Crippen MR) is 184 cm³/mol. The average molecular weight is 669 g/mol. The van der Waals surface area contributed by atoms with Crippen molar-refractivity contribution in [2.75, 3.05) is 31.3 Å². The lowest BCUT2D eigenvalue weighted by atomic mass is 10.1. The van der Waals surface area contributed by atoms with Crippen LogP contribution in [0.2, 0.25) is 23.2 Å². The number of benzene rings is 2. The molecule has 11 heteroatoms. The van der Waals surface area contributed by atoms with Gasteiger partial charge in [-0.2, -0.15) is 0 Å². The Balaban J connectivity index is 2.59. The minimum Gasteiger partial charge on any atom is -0.442 e. The first kappa shape index (κ1) is 38.3. The number of carbonyl (C=O) groups is 1. The molecule has 0 spiro atoms. The molecule has 0 aromatic heterocycles. The second-order valence-corrected chi connectivity index (χ2v) is 20.6. The van der Waals surface area contributed by atoms with Gasteiger partial charge < -0.3 is 18.2 Å². The van der Waals surface area contributed by atoms with Gasteiger partial charge in [-0.25, -0.2) is 9.80 Å². The molecule has 0 N–H and O–H groups in total. The highest BCUT2D eigenvalue weighted by molar-refractivity contribution is 7.53. The fourth-order valence-electron chi connectivity index (χ4n) is 4.31. The topological polar surface area (TPSA) is 77.5 Å². The van der Waals surface area contributed by atoms with Gasteiger partial charge in [-0.05, 0) is 94.6 Å². The van der Waals surface area contributed by atoms with Crippen molar-refractivity contribution in [2.24, 2.45) is 0 Å². The first-order valence-electron chi connectivity index (χ1n) is 15.5. The Bertz CT molecular complexity index is 1240. The molecule has 44 heavy (non-hydrogen) atoms. The van der Waals surface area contributed by atoms with E-state index < -0.39 is 33.7 Å². The van der Waals surface area contributed by atoms with Crippen LogP contribution in [0.25, 0.3) is 0 Å². The molecule has 0 aliphatic rings. The maximum absolute atomic E-state index is 14.0. The van der Waals surface area contributed by atoms with Crippen molar-refractivity contribution in [2.45, 2.75) is 105 Å². The van der Waals surface area contributed by atoms with Gasteiger partial charge in [0.15, 0.2) is 8.32 Å². The molecule has 248 valence electrons. The Morgan fingerprint density at radius 3 is 2.02 bits per heavy atom. The summed E-state index contributed by atoms with van der Waals surface area (Å²) in [6, 6.07) is 15.3. The summed E-state index contributed by atoms with van der Waals surface area (Å²) in [6.07, 6.45) is 0.00745. The second-order valence-electron chi connectivity index (χ2n) is 13.4. The van der Waals surface area contributed by atoms with E-state index in [-0.39, 0.29) is 17.7 Å². The van der Waals surface area contributed by atoms with Gasteiger partial charge in [-0.3, -0.25) is 9.57 Å². The Morgan fingerprint density at radius 2 is 1.55 bits per heavy atom. The molecular formula is C33H54ClN2O6PSi. The highest BCUT2D eigenvalue weighted by Crippen LogP contribution is 2.51. The van der Waals surface area contributed by atoms with Crippen LogP contribution in [0.4, 0.5) is 10.5 Å². The van der Waals surface area contributed by atoms with E-state index in [0.29, 0.717) is 24.8 Å². The van der Waals surface area contributed by atoms with Crippen molar-refractivity contribution in [3.05, 3.63) is 64.7 Å². The van der Waals surface area contributed by atoms with Crippen molar-refractivity contribution < 1.29 is 27.6 Å². The van der Waals surface area contributed by atoms with Crippen LogP contribution < -0.4 is 5.01 Å². The van der Waals surface area contributed by atoms with Gasteiger partial charge in [-0.15, -0.1) is 0 Å². The van der Waals surface area contributed by atoms with Crippen molar-refractivity contribution in [3.8, 4) is 0 Å². The molecule has 0 radical (unpaired) electrons. The Labute approximate surface area is 272 Å². The first-order valence-corrected chi connectivity index (χ1v) is 20.5. The molecule has 0 unspecified atom stereocenters. The van der Waals surface area contributed by atoms with Crippen LogP contribution >= 0.6 is 19.2 Å². The molecule has 0 saturated heterocycles. The van der Waals surface area contributed by atoms with E-state index in [4.69, 9.17) is 29.8 Å². The van der Waals surface area contributed by atoms with Gasteiger partial charge in [0.05, 0.1) is 37.7 Å². The van der Waals surface area contributed by atoms with Crippen LogP contribution in [-0.4, -0.2) is 51.3 Å². The van der Waals surface area contributed by atoms with Gasteiger partial charge in [0, 0.05) is 11.6 Å². The number of hydrogen-bond acceptors (Lipinski definition) is 7. The Kier molecular flexibility index (Phi) is 14.0. The lowest BCUT2D eigenvalue weighted by molar-refractivity contribution is 0.0125. The number of amides is 1. The fraction of sp³-hybridized carbons (Fsp3) is 0.606. The van der Waals surface area contributed by atoms with E-state index >= 15 is 0 Å². The Morgan fingerprint density at radius 1 is 0.955 bits per heavy atom. The highest BCUT2D eigenvalue weighted by Gasteiger charge is 2.41. The monoisotopic (exact) mass is 668 g/mol. The largest absolute Gasteiger partial charge is 0.442 e. The molecule has 1 atom stereocenters. The molecular weight excluding hydrogens is 615 g/mol. The maximum Gasteiger partial charge on any atom is 0.429 e. The summed E-state index contributed by atoms with van der Waals surface area (Å²) in [6.45, 7) is 23.6. The molecule has 8 nitrogen and oxygen atoms in total. The van der Waals surface area contributed by atoms with E-state index in [0.717, 1.165) is 23.2 Å². The number of hydrogen-bond donors (Lipinski definition) is 0. The van der Waals surface area contributed by atoms with Crippen molar-refractivity contribution in [1.29, 1.82) is 0 Å². The minimum atomic E-state index is -3.26. The van der Waals surface area contributed by atoms with Crippen molar-refractivity contribution >= 4 is 39.3 Å². The molecule has 2 rings (SSSR count). The first-order chi connectivity index (χ1) is 20.3. The van der Waals surface area contributed by atoms with E-state index in [1.54, 1.807) is 18.9 Å². The summed E-state index contributed by atoms with van der Waals surface area (Å²) in [7, 11) is -5.55. The van der Waals surface area contributed by atoms with Crippen LogP contribution in [0.3, 0.4) is 0 Å². The van der Waals surface area contributed by atoms with Crippen LogP contribution in [0.1, 0.15) is 86.0 Å². The smallest absolute Gasteiger partial charge is 0.429 e. The van der Waals surface area contributed by atoms with Gasteiger partial charge in [0.25, 0.3) is 0 Å². The number of ether oxygens (including phenoxy) is 1. The maximum atomic E-state index is 14.0. The third kappa shape index (κ3) is 11.5. The fourth-order valence-corrected chi connectivity index (χ4v) is 7.49. The summed E-state index contributed by atoms with van der Waals surface area (Å²) in [5, 5.41) is 4.14. The zero-order chi connectivity index (χ0) is 33.3.